The third-order valence-corrected chi connectivity index (χ3v) is 4.01. The van der Waals surface area contributed by atoms with Crippen molar-refractivity contribution in [2.45, 2.75) is 13.0 Å². The lowest BCUT2D eigenvalue weighted by atomic mass is 10.1. The first kappa shape index (κ1) is 18.5. The van der Waals surface area contributed by atoms with Gasteiger partial charge in [-0.05, 0) is 43.0 Å². The van der Waals surface area contributed by atoms with Crippen molar-refractivity contribution in [3.05, 3.63) is 46.8 Å². The van der Waals surface area contributed by atoms with Crippen molar-refractivity contribution >= 4 is 16.9 Å². The van der Waals surface area contributed by atoms with Gasteiger partial charge in [-0.25, -0.2) is 4.68 Å². The largest absolute Gasteiger partial charge is 0.497 e. The number of nitrogens with zero attached hydrogens (tertiary/aromatic N) is 4. The average Bonchev–Trinajstić information content (AvgIpc) is 2.65. The Kier molecular flexibility index (Phi) is 7.04. The van der Waals surface area contributed by atoms with E-state index in [1.807, 2.05) is 36.7 Å². The smallest absolute Gasteiger partial charge is 0.266 e. The molecule has 0 aliphatic heterocycles. The van der Waals surface area contributed by atoms with Crippen molar-refractivity contribution in [1.29, 1.82) is 5.26 Å². The van der Waals surface area contributed by atoms with Gasteiger partial charge in [-0.1, -0.05) is 11.8 Å². The van der Waals surface area contributed by atoms with Crippen LogP contribution in [0.25, 0.3) is 11.3 Å². The normalized spacial score (nSPS) is 11.0. The molecule has 0 saturated heterocycles. The van der Waals surface area contributed by atoms with Crippen molar-refractivity contribution in [3.63, 3.8) is 0 Å². The molecule has 0 amide bonds. The lowest BCUT2D eigenvalue weighted by Gasteiger charge is -2.07. The highest BCUT2D eigenvalue weighted by molar-refractivity contribution is 8.13. The summed E-state index contributed by atoms with van der Waals surface area (Å²) in [6.07, 6.45) is 4.33. The number of aryl methyl sites for hydroxylation is 1. The van der Waals surface area contributed by atoms with E-state index in [0.717, 1.165) is 17.0 Å². The Bertz CT molecular complexity index is 824. The first-order chi connectivity index (χ1) is 12.2. The van der Waals surface area contributed by atoms with Crippen LogP contribution in [0.4, 0.5) is 0 Å². The first-order valence-corrected chi connectivity index (χ1v) is 8.86. The number of methoxy groups -OCH3 is 1. The topological polar surface area (TPSA) is 92.3 Å². The molecule has 2 rings (SSSR count). The highest BCUT2D eigenvalue weighted by Crippen LogP contribution is 2.19. The number of thioether (sulfide) groups is 1. The maximum Gasteiger partial charge on any atom is 0.266 e. The molecule has 1 heterocycles. The summed E-state index contributed by atoms with van der Waals surface area (Å²) >= 11 is 1.37. The van der Waals surface area contributed by atoms with E-state index >= 15 is 0 Å². The van der Waals surface area contributed by atoms with E-state index in [2.05, 4.69) is 15.4 Å². The fraction of sp³-hybridized carbons (Fsp3) is 0.294. The van der Waals surface area contributed by atoms with Crippen LogP contribution in [-0.2, 0) is 6.54 Å². The van der Waals surface area contributed by atoms with E-state index in [-0.39, 0.29) is 5.56 Å². The highest BCUT2D eigenvalue weighted by Gasteiger charge is 2.04. The summed E-state index contributed by atoms with van der Waals surface area (Å²) in [6, 6.07) is 10.7. The molecule has 0 saturated carbocycles. The van der Waals surface area contributed by atoms with Crippen molar-refractivity contribution in [3.8, 4) is 23.2 Å². The second-order valence-corrected chi connectivity index (χ2v) is 5.78. The van der Waals surface area contributed by atoms with Gasteiger partial charge < -0.3 is 4.74 Å². The minimum absolute atomic E-state index is 0.151. The number of aromatic nitrogens is 2. The Hall–Kier alpha value is -2.79. The number of benzene rings is 1. The third kappa shape index (κ3) is 5.36. The lowest BCUT2D eigenvalue weighted by molar-refractivity contribution is 0.415. The van der Waals surface area contributed by atoms with Crippen molar-refractivity contribution < 1.29 is 4.74 Å². The highest BCUT2D eigenvalue weighted by atomic mass is 32.2. The first-order valence-electron chi connectivity index (χ1n) is 7.64. The summed E-state index contributed by atoms with van der Waals surface area (Å²) in [4.78, 5) is 16.2. The van der Waals surface area contributed by atoms with Gasteiger partial charge in [-0.3, -0.25) is 15.1 Å². The molecular formula is C17H19N5O2S. The van der Waals surface area contributed by atoms with Gasteiger partial charge in [0.1, 0.15) is 5.75 Å². The van der Waals surface area contributed by atoms with E-state index in [1.165, 1.54) is 22.5 Å². The van der Waals surface area contributed by atoms with E-state index in [1.54, 1.807) is 13.2 Å². The van der Waals surface area contributed by atoms with E-state index in [0.29, 0.717) is 24.7 Å². The summed E-state index contributed by atoms with van der Waals surface area (Å²) in [6.45, 7) is 0.965. The molecule has 7 nitrogen and oxygen atoms in total. The molecule has 0 unspecified atom stereocenters. The van der Waals surface area contributed by atoms with Crippen LogP contribution >= 0.6 is 11.8 Å². The van der Waals surface area contributed by atoms with Crippen molar-refractivity contribution in [2.24, 2.45) is 4.99 Å². The molecule has 0 fully saturated rings. The monoisotopic (exact) mass is 357 g/mol. The third-order valence-electron chi connectivity index (χ3n) is 3.39. The van der Waals surface area contributed by atoms with Crippen molar-refractivity contribution in [2.75, 3.05) is 19.9 Å². The average molecular weight is 357 g/mol. The number of hydrogen-bond acceptors (Lipinski definition) is 6. The van der Waals surface area contributed by atoms with E-state index in [9.17, 15) is 4.79 Å². The summed E-state index contributed by atoms with van der Waals surface area (Å²) in [7, 11) is 1.62. The fourth-order valence-corrected chi connectivity index (χ4v) is 2.50. The molecule has 0 aliphatic rings. The number of aliphatic imine (C=N–C) groups is 1. The molecule has 1 aromatic carbocycles. The zero-order chi connectivity index (χ0) is 18.1. The Morgan fingerprint density at radius 2 is 2.12 bits per heavy atom. The molecule has 2 aromatic rings. The van der Waals surface area contributed by atoms with Crippen LogP contribution in [0, 0.1) is 11.5 Å². The summed E-state index contributed by atoms with van der Waals surface area (Å²) in [5, 5.41) is 16.1. The zero-order valence-electron chi connectivity index (χ0n) is 14.1. The standard InChI is InChI=1S/C17H19N5O2S/c1-24-14-6-4-13(5-7-14)15-8-9-16(23)22(21-15)11-3-10-19-17(25-2)20-12-18/h4-9H,3,10-11H2,1-2H3,(H,19,20). The predicted molar refractivity (Wildman–Crippen MR) is 99.7 cm³/mol. The maximum atomic E-state index is 12.0. The van der Waals surface area contributed by atoms with E-state index < -0.39 is 0 Å². The number of amidine groups is 1. The number of nitriles is 1. The number of rotatable bonds is 6. The second kappa shape index (κ2) is 9.49. The van der Waals surface area contributed by atoms with Crippen LogP contribution in [0.2, 0.25) is 0 Å². The van der Waals surface area contributed by atoms with Gasteiger partial charge in [0.05, 0.1) is 12.8 Å². The van der Waals surface area contributed by atoms with Crippen LogP contribution in [-0.4, -0.2) is 34.9 Å². The Balaban J connectivity index is 2.06. The minimum atomic E-state index is -0.151. The second-order valence-electron chi connectivity index (χ2n) is 4.99. The molecule has 1 aromatic heterocycles. The van der Waals surface area contributed by atoms with Gasteiger partial charge in [0.25, 0.3) is 5.56 Å². The molecular weight excluding hydrogens is 338 g/mol. The van der Waals surface area contributed by atoms with Crippen LogP contribution in [0.15, 0.2) is 46.2 Å². The summed E-state index contributed by atoms with van der Waals surface area (Å²) < 4.78 is 6.58. The fourth-order valence-electron chi connectivity index (χ4n) is 2.13. The molecule has 8 heteroatoms. The van der Waals surface area contributed by atoms with Gasteiger partial charge in [0, 0.05) is 24.7 Å². The molecule has 0 spiro atoms. The molecule has 0 aliphatic carbocycles. The maximum absolute atomic E-state index is 12.0. The Morgan fingerprint density at radius 1 is 1.36 bits per heavy atom. The molecule has 0 atom stereocenters. The van der Waals surface area contributed by atoms with Gasteiger partial charge in [0.2, 0.25) is 0 Å². The lowest BCUT2D eigenvalue weighted by Crippen LogP contribution is -2.23. The van der Waals surface area contributed by atoms with Gasteiger partial charge in [-0.15, -0.1) is 0 Å². The molecule has 130 valence electrons. The van der Waals surface area contributed by atoms with Gasteiger partial charge in [0.15, 0.2) is 11.4 Å². The number of hydrogen-bond donors (Lipinski definition) is 1. The van der Waals surface area contributed by atoms with Crippen LogP contribution in [0.5, 0.6) is 5.75 Å². The molecule has 0 bridgehead atoms. The molecule has 1 N–H and O–H groups in total. The summed E-state index contributed by atoms with van der Waals surface area (Å²) in [5.41, 5.74) is 1.48. The predicted octanol–water partition coefficient (Wildman–Crippen LogP) is 2.10. The number of nitrogens with one attached hydrogen (secondary N) is 1. The van der Waals surface area contributed by atoms with E-state index in [4.69, 9.17) is 10.00 Å². The van der Waals surface area contributed by atoms with Crippen LogP contribution < -0.4 is 15.6 Å². The van der Waals surface area contributed by atoms with Crippen LogP contribution in [0.1, 0.15) is 6.42 Å². The minimum Gasteiger partial charge on any atom is -0.497 e. The van der Waals surface area contributed by atoms with Gasteiger partial charge >= 0.3 is 0 Å². The summed E-state index contributed by atoms with van der Waals surface area (Å²) in [5.74, 6) is 0.769. The van der Waals surface area contributed by atoms with Gasteiger partial charge in [-0.2, -0.15) is 10.4 Å². The molecule has 25 heavy (non-hydrogen) atoms. The Labute approximate surface area is 150 Å². The Morgan fingerprint density at radius 3 is 2.76 bits per heavy atom. The number of ether oxygens (including phenoxy) is 1. The zero-order valence-corrected chi connectivity index (χ0v) is 14.9. The van der Waals surface area contributed by atoms with Crippen molar-refractivity contribution in [1.82, 2.24) is 15.1 Å². The molecule has 0 radical (unpaired) electrons. The van der Waals surface area contributed by atoms with Crippen LogP contribution in [0.3, 0.4) is 0 Å². The quantitative estimate of drug-likeness (QED) is 0.280. The SMILES string of the molecule is COc1ccc(-c2ccc(=O)n(CCCN=C(NC#N)SC)n2)cc1.